The van der Waals surface area contributed by atoms with E-state index in [1.807, 2.05) is 31.2 Å². The minimum Gasteiger partial charge on any atom is -0.414 e. The zero-order valence-corrected chi connectivity index (χ0v) is 19.2. The van der Waals surface area contributed by atoms with Crippen molar-refractivity contribution in [3.8, 4) is 11.6 Å². The van der Waals surface area contributed by atoms with Crippen molar-refractivity contribution >= 4 is 32.2 Å². The van der Waals surface area contributed by atoms with E-state index in [0.29, 0.717) is 42.4 Å². The molecule has 32 heavy (non-hydrogen) atoms. The summed E-state index contributed by atoms with van der Waals surface area (Å²) >= 11 is 1.35. The van der Waals surface area contributed by atoms with Gasteiger partial charge in [-0.15, -0.1) is 21.5 Å². The molecule has 0 spiro atoms. The standard InChI is InChI=1S/C20H23F2N5O3S2/c1-3-32(28,29)27(15-6-4-5-13(2)11-15)14-7-9-26(10-8-14)20-23-16(12-31-20)18-24-25-19(30-18)17(21)22/h4-6,11-12,14,17H,3,7-10H2,1-2H3. The Morgan fingerprint density at radius 3 is 2.66 bits per heavy atom. The van der Waals surface area contributed by atoms with Gasteiger partial charge in [-0.25, -0.2) is 13.4 Å². The number of nitrogens with zero attached hydrogens (tertiary/aromatic N) is 5. The average molecular weight is 484 g/mol. The van der Waals surface area contributed by atoms with E-state index >= 15 is 0 Å². The van der Waals surface area contributed by atoms with Gasteiger partial charge in [-0.1, -0.05) is 12.1 Å². The van der Waals surface area contributed by atoms with Gasteiger partial charge in [-0.3, -0.25) is 4.31 Å². The van der Waals surface area contributed by atoms with Gasteiger partial charge in [-0.05, 0) is 44.4 Å². The van der Waals surface area contributed by atoms with Gasteiger partial charge in [0.25, 0.3) is 11.8 Å². The molecule has 0 radical (unpaired) electrons. The molecule has 2 aromatic heterocycles. The molecule has 0 amide bonds. The maximum Gasteiger partial charge on any atom is 0.314 e. The van der Waals surface area contributed by atoms with Crippen LogP contribution in [0.15, 0.2) is 34.1 Å². The van der Waals surface area contributed by atoms with E-state index in [2.05, 4.69) is 20.1 Å². The molecule has 8 nitrogen and oxygen atoms in total. The minimum absolute atomic E-state index is 0.0295. The fourth-order valence-corrected chi connectivity index (χ4v) is 5.96. The summed E-state index contributed by atoms with van der Waals surface area (Å²) in [5, 5.41) is 9.35. The Morgan fingerprint density at radius 2 is 2.03 bits per heavy atom. The van der Waals surface area contributed by atoms with Gasteiger partial charge >= 0.3 is 6.43 Å². The lowest BCUT2D eigenvalue weighted by atomic mass is 10.0. The van der Waals surface area contributed by atoms with Crippen molar-refractivity contribution in [2.24, 2.45) is 0 Å². The highest BCUT2D eigenvalue weighted by Crippen LogP contribution is 2.33. The summed E-state index contributed by atoms with van der Waals surface area (Å²) in [5.41, 5.74) is 2.04. The smallest absolute Gasteiger partial charge is 0.314 e. The Bertz CT molecular complexity index is 1170. The molecule has 1 aromatic carbocycles. The molecule has 0 bridgehead atoms. The number of halogens is 2. The number of alkyl halides is 2. The normalized spacial score (nSPS) is 15.5. The Morgan fingerprint density at radius 1 is 1.28 bits per heavy atom. The van der Waals surface area contributed by atoms with Gasteiger partial charge in [-0.2, -0.15) is 8.78 Å². The molecule has 12 heteroatoms. The zero-order chi connectivity index (χ0) is 22.9. The number of hydrogen-bond acceptors (Lipinski definition) is 8. The number of aryl methyl sites for hydroxylation is 1. The number of thiazole rings is 1. The van der Waals surface area contributed by atoms with Crippen LogP contribution in [0.3, 0.4) is 0 Å². The molecule has 1 fully saturated rings. The van der Waals surface area contributed by atoms with Crippen molar-refractivity contribution in [1.29, 1.82) is 0 Å². The summed E-state index contributed by atoms with van der Waals surface area (Å²) in [4.78, 5) is 6.51. The highest BCUT2D eigenvalue weighted by Gasteiger charge is 2.33. The predicted octanol–water partition coefficient (Wildman–Crippen LogP) is 4.26. The summed E-state index contributed by atoms with van der Waals surface area (Å²) in [6, 6.07) is 7.38. The number of piperidine rings is 1. The van der Waals surface area contributed by atoms with Gasteiger partial charge in [0.2, 0.25) is 10.0 Å². The van der Waals surface area contributed by atoms with Crippen LogP contribution in [0.25, 0.3) is 11.6 Å². The van der Waals surface area contributed by atoms with Crippen LogP contribution >= 0.6 is 11.3 Å². The number of anilines is 2. The van der Waals surface area contributed by atoms with Crippen molar-refractivity contribution in [2.45, 2.75) is 39.2 Å². The molecule has 0 saturated carbocycles. The first-order valence-corrected chi connectivity index (χ1v) is 12.7. The monoisotopic (exact) mass is 483 g/mol. The van der Waals surface area contributed by atoms with Gasteiger partial charge in [0.05, 0.1) is 11.4 Å². The molecule has 0 aliphatic carbocycles. The summed E-state index contributed by atoms with van der Waals surface area (Å²) < 4.78 is 57.7. The van der Waals surface area contributed by atoms with Crippen molar-refractivity contribution in [1.82, 2.24) is 15.2 Å². The largest absolute Gasteiger partial charge is 0.414 e. The number of benzene rings is 1. The molecular weight excluding hydrogens is 460 g/mol. The Hall–Kier alpha value is -2.60. The van der Waals surface area contributed by atoms with Gasteiger partial charge < -0.3 is 9.32 Å². The van der Waals surface area contributed by atoms with Crippen molar-refractivity contribution in [3.05, 3.63) is 41.1 Å². The van der Waals surface area contributed by atoms with Crippen LogP contribution in [0, 0.1) is 6.92 Å². The topological polar surface area (TPSA) is 92.4 Å². The maximum atomic E-state index is 12.9. The number of hydrogen-bond donors (Lipinski definition) is 0. The highest BCUT2D eigenvalue weighted by molar-refractivity contribution is 7.92. The van der Waals surface area contributed by atoms with E-state index in [4.69, 9.17) is 4.42 Å². The molecule has 4 rings (SSSR count). The first-order valence-electron chi connectivity index (χ1n) is 10.2. The van der Waals surface area contributed by atoms with Gasteiger partial charge in [0.15, 0.2) is 5.13 Å². The quantitative estimate of drug-likeness (QED) is 0.496. The molecule has 3 heterocycles. The average Bonchev–Trinajstić information content (AvgIpc) is 3.44. The summed E-state index contributed by atoms with van der Waals surface area (Å²) in [6.45, 7) is 4.83. The molecule has 1 aliphatic rings. The third kappa shape index (κ3) is 4.60. The molecule has 1 saturated heterocycles. The van der Waals surface area contributed by atoms with E-state index in [-0.39, 0.29) is 17.7 Å². The van der Waals surface area contributed by atoms with Gasteiger partial charge in [0, 0.05) is 24.5 Å². The summed E-state index contributed by atoms with van der Waals surface area (Å²) in [6.07, 6.45) is -1.56. The Kier molecular flexibility index (Phi) is 6.42. The lowest BCUT2D eigenvalue weighted by Crippen LogP contribution is -2.48. The van der Waals surface area contributed by atoms with Crippen LogP contribution in [0.4, 0.5) is 19.6 Å². The second-order valence-corrected chi connectivity index (χ2v) is 10.5. The third-order valence-corrected chi connectivity index (χ3v) is 8.07. The second-order valence-electron chi connectivity index (χ2n) is 7.52. The molecule has 1 aliphatic heterocycles. The van der Waals surface area contributed by atoms with Crippen LogP contribution < -0.4 is 9.21 Å². The maximum absolute atomic E-state index is 12.9. The molecule has 3 aromatic rings. The van der Waals surface area contributed by atoms with Crippen LogP contribution in [0.5, 0.6) is 0 Å². The molecule has 172 valence electrons. The van der Waals surface area contributed by atoms with Crippen LogP contribution in [0.2, 0.25) is 0 Å². The minimum atomic E-state index is -3.44. The summed E-state index contributed by atoms with van der Waals surface area (Å²) in [7, 11) is -3.44. The van der Waals surface area contributed by atoms with Crippen LogP contribution in [-0.4, -0.2) is 48.5 Å². The molecule has 0 atom stereocenters. The molecular formula is C20H23F2N5O3S2. The van der Waals surface area contributed by atoms with Crippen molar-refractivity contribution < 1.29 is 21.6 Å². The van der Waals surface area contributed by atoms with E-state index in [1.54, 1.807) is 16.6 Å². The van der Waals surface area contributed by atoms with Crippen molar-refractivity contribution in [2.75, 3.05) is 28.0 Å². The lowest BCUT2D eigenvalue weighted by Gasteiger charge is -2.38. The first kappa shape index (κ1) is 22.6. The Labute approximate surface area is 188 Å². The number of rotatable bonds is 7. The Balaban J connectivity index is 1.49. The van der Waals surface area contributed by atoms with Gasteiger partial charge in [0.1, 0.15) is 5.69 Å². The SMILES string of the molecule is CCS(=O)(=O)N(c1cccc(C)c1)C1CCN(c2nc(-c3nnc(C(F)F)o3)cs2)CC1. The number of sulfonamides is 1. The zero-order valence-electron chi connectivity index (χ0n) is 17.6. The van der Waals surface area contributed by atoms with Crippen molar-refractivity contribution in [3.63, 3.8) is 0 Å². The van der Waals surface area contributed by atoms with E-state index in [1.165, 1.54) is 11.3 Å². The number of aromatic nitrogens is 3. The predicted molar refractivity (Wildman–Crippen MR) is 119 cm³/mol. The lowest BCUT2D eigenvalue weighted by molar-refractivity contribution is 0.116. The van der Waals surface area contributed by atoms with E-state index in [0.717, 1.165) is 5.56 Å². The molecule has 0 N–H and O–H groups in total. The third-order valence-electron chi connectivity index (χ3n) is 5.33. The highest BCUT2D eigenvalue weighted by atomic mass is 32.2. The van der Waals surface area contributed by atoms with Crippen LogP contribution in [-0.2, 0) is 10.0 Å². The fourth-order valence-electron chi connectivity index (χ4n) is 3.73. The first-order chi connectivity index (χ1) is 15.3. The fraction of sp³-hybridized carbons (Fsp3) is 0.450. The van der Waals surface area contributed by atoms with Crippen LogP contribution in [0.1, 0.15) is 37.6 Å². The second kappa shape index (κ2) is 9.10. The van der Waals surface area contributed by atoms with E-state index in [9.17, 15) is 17.2 Å². The summed E-state index contributed by atoms with van der Waals surface area (Å²) in [5.74, 6) is -0.747. The molecule has 0 unspecified atom stereocenters. The van der Waals surface area contributed by atoms with E-state index < -0.39 is 22.3 Å².